The molecule has 0 saturated heterocycles. The molecular formula is C12H24N2O. The topological polar surface area (TPSA) is 55.1 Å². The van der Waals surface area contributed by atoms with Gasteiger partial charge in [-0.25, -0.2) is 0 Å². The highest BCUT2D eigenvalue weighted by Crippen LogP contribution is 2.27. The SMILES string of the molecule is CCC(CN)C(=O)NC1(C)CCCCC1. The van der Waals surface area contributed by atoms with Crippen molar-refractivity contribution in [3.05, 3.63) is 0 Å². The molecule has 1 fully saturated rings. The fraction of sp³-hybridized carbons (Fsp3) is 0.917. The van der Waals surface area contributed by atoms with Gasteiger partial charge in [-0.3, -0.25) is 4.79 Å². The van der Waals surface area contributed by atoms with Gasteiger partial charge in [0.2, 0.25) is 5.91 Å². The maximum atomic E-state index is 11.9. The van der Waals surface area contributed by atoms with E-state index in [9.17, 15) is 4.79 Å². The molecule has 3 heteroatoms. The predicted molar refractivity (Wildman–Crippen MR) is 62.5 cm³/mol. The van der Waals surface area contributed by atoms with Crippen LogP contribution in [0.2, 0.25) is 0 Å². The highest BCUT2D eigenvalue weighted by atomic mass is 16.2. The third-order valence-corrected chi connectivity index (χ3v) is 3.53. The Balaban J connectivity index is 2.48. The normalized spacial score (nSPS) is 22.1. The lowest BCUT2D eigenvalue weighted by Crippen LogP contribution is -2.50. The Kier molecular flexibility index (Phi) is 4.58. The first-order valence-electron chi connectivity index (χ1n) is 6.13. The monoisotopic (exact) mass is 212 g/mol. The lowest BCUT2D eigenvalue weighted by atomic mass is 9.83. The van der Waals surface area contributed by atoms with Gasteiger partial charge in [0.1, 0.15) is 0 Å². The number of amides is 1. The maximum absolute atomic E-state index is 11.9. The van der Waals surface area contributed by atoms with E-state index < -0.39 is 0 Å². The van der Waals surface area contributed by atoms with Crippen molar-refractivity contribution in [1.82, 2.24) is 5.32 Å². The summed E-state index contributed by atoms with van der Waals surface area (Å²) in [7, 11) is 0. The Morgan fingerprint density at radius 1 is 1.40 bits per heavy atom. The van der Waals surface area contributed by atoms with Crippen LogP contribution in [-0.4, -0.2) is 18.0 Å². The van der Waals surface area contributed by atoms with Crippen LogP contribution < -0.4 is 11.1 Å². The molecule has 88 valence electrons. The number of hydrogen-bond donors (Lipinski definition) is 2. The van der Waals surface area contributed by atoms with Gasteiger partial charge in [-0.15, -0.1) is 0 Å². The van der Waals surface area contributed by atoms with Gasteiger partial charge in [-0.2, -0.15) is 0 Å². The van der Waals surface area contributed by atoms with Crippen LogP contribution >= 0.6 is 0 Å². The minimum atomic E-state index is -0.0104. The molecule has 0 aromatic carbocycles. The molecule has 0 bridgehead atoms. The lowest BCUT2D eigenvalue weighted by molar-refractivity contribution is -0.127. The molecule has 1 amide bonds. The smallest absolute Gasteiger partial charge is 0.224 e. The van der Waals surface area contributed by atoms with Gasteiger partial charge in [0.25, 0.3) is 0 Å². The number of nitrogens with one attached hydrogen (secondary N) is 1. The van der Waals surface area contributed by atoms with Crippen LogP contribution in [0.4, 0.5) is 0 Å². The summed E-state index contributed by atoms with van der Waals surface area (Å²) in [5.41, 5.74) is 5.60. The van der Waals surface area contributed by atoms with Crippen molar-refractivity contribution in [2.75, 3.05) is 6.54 Å². The molecule has 3 nitrogen and oxygen atoms in total. The molecule has 1 saturated carbocycles. The Morgan fingerprint density at radius 2 is 2.00 bits per heavy atom. The standard InChI is InChI=1S/C12H24N2O/c1-3-10(9-13)11(15)14-12(2)7-5-4-6-8-12/h10H,3-9,13H2,1-2H3,(H,14,15). The second-order valence-electron chi connectivity index (χ2n) is 4.95. The van der Waals surface area contributed by atoms with E-state index in [1.54, 1.807) is 0 Å². The van der Waals surface area contributed by atoms with Crippen LogP contribution in [0.5, 0.6) is 0 Å². The molecule has 0 aromatic rings. The van der Waals surface area contributed by atoms with Crippen LogP contribution in [0.3, 0.4) is 0 Å². The fourth-order valence-electron chi connectivity index (χ4n) is 2.32. The van der Waals surface area contributed by atoms with Crippen molar-refractivity contribution in [2.45, 2.75) is 57.9 Å². The molecule has 1 atom stereocenters. The lowest BCUT2D eigenvalue weighted by Gasteiger charge is -2.35. The summed E-state index contributed by atoms with van der Waals surface area (Å²) in [5, 5.41) is 3.18. The van der Waals surface area contributed by atoms with E-state index in [-0.39, 0.29) is 17.4 Å². The first-order valence-corrected chi connectivity index (χ1v) is 6.13. The van der Waals surface area contributed by atoms with E-state index in [4.69, 9.17) is 5.73 Å². The second kappa shape index (κ2) is 5.50. The van der Waals surface area contributed by atoms with E-state index in [1.807, 2.05) is 6.92 Å². The number of carbonyl (C=O) groups is 1. The Hall–Kier alpha value is -0.570. The summed E-state index contributed by atoms with van der Waals surface area (Å²) in [6.45, 7) is 4.63. The zero-order valence-corrected chi connectivity index (χ0v) is 10.0. The van der Waals surface area contributed by atoms with Gasteiger partial charge < -0.3 is 11.1 Å². The predicted octanol–water partition coefficient (Wildman–Crippen LogP) is 1.81. The minimum Gasteiger partial charge on any atom is -0.351 e. The van der Waals surface area contributed by atoms with Crippen LogP contribution in [-0.2, 0) is 4.79 Å². The summed E-state index contributed by atoms with van der Waals surface area (Å²) in [6, 6.07) is 0. The van der Waals surface area contributed by atoms with E-state index in [0.717, 1.165) is 19.3 Å². The van der Waals surface area contributed by atoms with E-state index in [1.165, 1.54) is 19.3 Å². The average Bonchev–Trinajstić information content (AvgIpc) is 2.19. The van der Waals surface area contributed by atoms with Crippen molar-refractivity contribution in [3.63, 3.8) is 0 Å². The Labute approximate surface area is 92.8 Å². The van der Waals surface area contributed by atoms with E-state index in [2.05, 4.69) is 12.2 Å². The summed E-state index contributed by atoms with van der Waals surface area (Å²) in [6.07, 6.45) is 6.82. The summed E-state index contributed by atoms with van der Waals surface area (Å²) < 4.78 is 0. The van der Waals surface area contributed by atoms with Crippen molar-refractivity contribution in [1.29, 1.82) is 0 Å². The van der Waals surface area contributed by atoms with Crippen molar-refractivity contribution in [2.24, 2.45) is 11.7 Å². The molecular weight excluding hydrogens is 188 g/mol. The molecule has 1 rings (SSSR count). The Morgan fingerprint density at radius 3 is 2.47 bits per heavy atom. The van der Waals surface area contributed by atoms with Gasteiger partial charge in [0, 0.05) is 18.0 Å². The molecule has 1 aliphatic rings. The summed E-state index contributed by atoms with van der Waals surface area (Å²) in [4.78, 5) is 11.9. The number of rotatable bonds is 4. The van der Waals surface area contributed by atoms with Crippen LogP contribution in [0.25, 0.3) is 0 Å². The highest BCUT2D eigenvalue weighted by molar-refractivity contribution is 5.79. The quantitative estimate of drug-likeness (QED) is 0.746. The number of nitrogens with two attached hydrogens (primary N) is 1. The highest BCUT2D eigenvalue weighted by Gasteiger charge is 2.29. The first kappa shape index (κ1) is 12.5. The molecule has 3 N–H and O–H groups in total. The molecule has 0 radical (unpaired) electrons. The largest absolute Gasteiger partial charge is 0.351 e. The van der Waals surface area contributed by atoms with Gasteiger partial charge in [-0.05, 0) is 26.2 Å². The molecule has 1 unspecified atom stereocenters. The van der Waals surface area contributed by atoms with Gasteiger partial charge in [-0.1, -0.05) is 26.2 Å². The van der Waals surface area contributed by atoms with Gasteiger partial charge >= 0.3 is 0 Å². The van der Waals surface area contributed by atoms with Crippen LogP contribution in [0, 0.1) is 5.92 Å². The fourth-order valence-corrected chi connectivity index (χ4v) is 2.32. The van der Waals surface area contributed by atoms with E-state index >= 15 is 0 Å². The maximum Gasteiger partial charge on any atom is 0.224 e. The van der Waals surface area contributed by atoms with Crippen LogP contribution in [0.1, 0.15) is 52.4 Å². The minimum absolute atomic E-state index is 0.0104. The summed E-state index contributed by atoms with van der Waals surface area (Å²) >= 11 is 0. The van der Waals surface area contributed by atoms with Gasteiger partial charge in [0.05, 0.1) is 0 Å². The van der Waals surface area contributed by atoms with E-state index in [0.29, 0.717) is 6.54 Å². The zero-order chi connectivity index (χ0) is 11.3. The second-order valence-corrected chi connectivity index (χ2v) is 4.95. The Bertz CT molecular complexity index is 206. The average molecular weight is 212 g/mol. The molecule has 0 aromatic heterocycles. The molecule has 0 spiro atoms. The third-order valence-electron chi connectivity index (χ3n) is 3.53. The van der Waals surface area contributed by atoms with Gasteiger partial charge in [0.15, 0.2) is 0 Å². The summed E-state index contributed by atoms with van der Waals surface area (Å²) in [5.74, 6) is 0.133. The van der Waals surface area contributed by atoms with Crippen molar-refractivity contribution >= 4 is 5.91 Å². The number of carbonyl (C=O) groups excluding carboxylic acids is 1. The van der Waals surface area contributed by atoms with Crippen molar-refractivity contribution in [3.8, 4) is 0 Å². The molecule has 0 aliphatic heterocycles. The van der Waals surface area contributed by atoms with Crippen molar-refractivity contribution < 1.29 is 4.79 Å². The zero-order valence-electron chi connectivity index (χ0n) is 10.0. The first-order chi connectivity index (χ1) is 7.11. The molecule has 1 aliphatic carbocycles. The molecule has 0 heterocycles. The van der Waals surface area contributed by atoms with Crippen LogP contribution in [0.15, 0.2) is 0 Å². The third kappa shape index (κ3) is 3.49. The molecule has 15 heavy (non-hydrogen) atoms. The number of hydrogen-bond acceptors (Lipinski definition) is 2.